The van der Waals surface area contributed by atoms with E-state index >= 15 is 0 Å². The molecule has 0 bridgehead atoms. The first-order valence-corrected chi connectivity index (χ1v) is 16.5. The fourth-order valence-corrected chi connectivity index (χ4v) is 6.41. The third-order valence-corrected chi connectivity index (χ3v) is 9.28. The first kappa shape index (κ1) is 33.3. The molecule has 1 saturated carbocycles. The minimum absolute atomic E-state index is 0.0656. The Bertz CT molecular complexity index is 1580. The van der Waals surface area contributed by atoms with Gasteiger partial charge in [-0.15, -0.1) is 0 Å². The molecule has 4 atom stereocenters. The molecular formula is C33H36FN4O6P. The van der Waals surface area contributed by atoms with Gasteiger partial charge in [-0.2, -0.15) is 0 Å². The van der Waals surface area contributed by atoms with Crippen LogP contribution < -0.4 is 21.7 Å². The van der Waals surface area contributed by atoms with Crippen LogP contribution in [0.2, 0.25) is 0 Å². The van der Waals surface area contributed by atoms with Gasteiger partial charge in [0.1, 0.15) is 29.8 Å². The standard InChI is InChI=1S/C33H36FN4O6P/c34-26-15-8-14-25(20-26)31(41)38-33(24-12-5-2-6-13-24)45(43,44)21-29(39)36-28(19-23-17-18-23)32(42)37-27(30(35)40)16-7-11-22-9-3-1-4-10-22/h1-15,20,23,27-28,33H,16-19,21H2,(H2,35,40)(H,36,39)(H,37,42)(H,38,41)(H,43,44)/b11-7+/t27-,28-,33?/m0/s1. The van der Waals surface area contributed by atoms with Gasteiger partial charge in [0, 0.05) is 5.56 Å². The number of hydrogen-bond acceptors (Lipinski definition) is 5. The topological polar surface area (TPSA) is 168 Å². The van der Waals surface area contributed by atoms with Crippen molar-refractivity contribution in [1.29, 1.82) is 0 Å². The number of benzene rings is 3. The third kappa shape index (κ3) is 10.2. The van der Waals surface area contributed by atoms with Gasteiger partial charge < -0.3 is 26.6 Å². The van der Waals surface area contributed by atoms with Crippen LogP contribution >= 0.6 is 7.37 Å². The molecule has 3 aromatic rings. The number of carbonyl (C=O) groups is 4. The highest BCUT2D eigenvalue weighted by Crippen LogP contribution is 2.53. The predicted octanol–water partition coefficient (Wildman–Crippen LogP) is 3.88. The van der Waals surface area contributed by atoms with E-state index in [9.17, 15) is 33.0 Å². The zero-order chi connectivity index (χ0) is 32.4. The Morgan fingerprint density at radius 3 is 2.20 bits per heavy atom. The van der Waals surface area contributed by atoms with Crippen molar-refractivity contribution < 1.29 is 33.0 Å². The van der Waals surface area contributed by atoms with Crippen LogP contribution in [0.5, 0.6) is 0 Å². The first-order valence-electron chi connectivity index (χ1n) is 14.6. The molecule has 0 heterocycles. The van der Waals surface area contributed by atoms with Crippen molar-refractivity contribution in [2.45, 2.75) is 43.5 Å². The van der Waals surface area contributed by atoms with Crippen LogP contribution in [-0.2, 0) is 18.9 Å². The zero-order valence-corrected chi connectivity index (χ0v) is 25.4. The normalized spacial score (nSPS) is 16.1. The number of rotatable bonds is 15. The van der Waals surface area contributed by atoms with E-state index < -0.39 is 60.8 Å². The highest BCUT2D eigenvalue weighted by molar-refractivity contribution is 7.59. The van der Waals surface area contributed by atoms with Crippen LogP contribution in [0.15, 0.2) is 91.0 Å². The van der Waals surface area contributed by atoms with E-state index in [1.54, 1.807) is 30.4 Å². The molecule has 0 saturated heterocycles. The van der Waals surface area contributed by atoms with Crippen molar-refractivity contribution >= 4 is 37.1 Å². The largest absolute Gasteiger partial charge is 0.368 e. The number of carbonyl (C=O) groups excluding carboxylic acids is 4. The maximum absolute atomic E-state index is 13.7. The van der Waals surface area contributed by atoms with E-state index in [1.165, 1.54) is 24.3 Å². The molecule has 0 aliphatic heterocycles. The van der Waals surface area contributed by atoms with Crippen LogP contribution in [0.4, 0.5) is 4.39 Å². The summed E-state index contributed by atoms with van der Waals surface area (Å²) in [6.45, 7) is 0. The number of primary amides is 1. The molecule has 4 rings (SSSR count). The minimum atomic E-state index is -4.51. The van der Waals surface area contributed by atoms with Gasteiger partial charge in [-0.3, -0.25) is 23.7 Å². The molecule has 0 radical (unpaired) electrons. The van der Waals surface area contributed by atoms with Crippen LogP contribution in [0, 0.1) is 11.7 Å². The van der Waals surface area contributed by atoms with Crippen molar-refractivity contribution in [2.24, 2.45) is 11.7 Å². The molecule has 1 aliphatic rings. The lowest BCUT2D eigenvalue weighted by atomic mass is 10.1. The number of amides is 4. The maximum atomic E-state index is 13.7. The van der Waals surface area contributed by atoms with Crippen LogP contribution in [0.1, 0.15) is 53.0 Å². The molecule has 1 fully saturated rings. The van der Waals surface area contributed by atoms with Gasteiger partial charge in [-0.05, 0) is 48.1 Å². The SMILES string of the molecule is NC(=O)[C@H](C/C=C/c1ccccc1)NC(=O)[C@H](CC1CC1)NC(=O)CP(=O)(O)C(NC(=O)c1cccc(F)c1)c1ccccc1. The number of nitrogens with one attached hydrogen (secondary N) is 3. The highest BCUT2D eigenvalue weighted by Gasteiger charge is 2.38. The molecule has 2 unspecified atom stereocenters. The van der Waals surface area contributed by atoms with Gasteiger partial charge in [0.2, 0.25) is 25.1 Å². The lowest BCUT2D eigenvalue weighted by Gasteiger charge is -2.26. The summed E-state index contributed by atoms with van der Waals surface area (Å²) in [5, 5.41) is 7.63. The molecule has 6 N–H and O–H groups in total. The fourth-order valence-electron chi connectivity index (χ4n) is 4.77. The van der Waals surface area contributed by atoms with Gasteiger partial charge in [-0.25, -0.2) is 4.39 Å². The summed E-state index contributed by atoms with van der Waals surface area (Å²) in [5.74, 6) is -5.06. The van der Waals surface area contributed by atoms with Gasteiger partial charge in [0.15, 0.2) is 0 Å². The van der Waals surface area contributed by atoms with Gasteiger partial charge in [0.25, 0.3) is 5.91 Å². The molecule has 0 aromatic heterocycles. The average Bonchev–Trinajstić information content (AvgIpc) is 3.83. The molecule has 3 aromatic carbocycles. The summed E-state index contributed by atoms with van der Waals surface area (Å²) >= 11 is 0. The fraction of sp³-hybridized carbons (Fsp3) is 0.273. The van der Waals surface area contributed by atoms with Crippen LogP contribution in [0.3, 0.4) is 0 Å². The molecule has 236 valence electrons. The van der Waals surface area contributed by atoms with E-state index in [0.29, 0.717) is 0 Å². The second kappa shape index (κ2) is 15.4. The lowest BCUT2D eigenvalue weighted by molar-refractivity contribution is -0.131. The number of halogens is 1. The average molecular weight is 635 g/mol. The van der Waals surface area contributed by atoms with Crippen LogP contribution in [0.25, 0.3) is 6.08 Å². The molecule has 10 nitrogen and oxygen atoms in total. The van der Waals surface area contributed by atoms with Gasteiger partial charge in [-0.1, -0.05) is 91.7 Å². The van der Waals surface area contributed by atoms with Crippen molar-refractivity contribution in [3.05, 3.63) is 114 Å². The summed E-state index contributed by atoms with van der Waals surface area (Å²) in [7, 11) is -4.51. The van der Waals surface area contributed by atoms with Crippen molar-refractivity contribution in [3.8, 4) is 0 Å². The second-order valence-corrected chi connectivity index (χ2v) is 13.4. The molecule has 1 aliphatic carbocycles. The van der Waals surface area contributed by atoms with Gasteiger partial charge in [0.05, 0.1) is 0 Å². The van der Waals surface area contributed by atoms with E-state index in [1.807, 2.05) is 30.3 Å². The molecule has 45 heavy (non-hydrogen) atoms. The summed E-state index contributed by atoms with van der Waals surface area (Å²) in [6.07, 6.45) is 4.71. The zero-order valence-electron chi connectivity index (χ0n) is 24.5. The van der Waals surface area contributed by atoms with E-state index in [-0.39, 0.29) is 29.9 Å². The van der Waals surface area contributed by atoms with E-state index in [4.69, 9.17) is 5.73 Å². The van der Waals surface area contributed by atoms with Crippen molar-refractivity contribution in [3.63, 3.8) is 0 Å². The quantitative estimate of drug-likeness (QED) is 0.159. The third-order valence-electron chi connectivity index (χ3n) is 7.30. The van der Waals surface area contributed by atoms with Crippen molar-refractivity contribution in [1.82, 2.24) is 16.0 Å². The smallest absolute Gasteiger partial charge is 0.252 e. The second-order valence-electron chi connectivity index (χ2n) is 11.0. The molecular weight excluding hydrogens is 598 g/mol. The maximum Gasteiger partial charge on any atom is 0.252 e. The monoisotopic (exact) mass is 634 g/mol. The van der Waals surface area contributed by atoms with Gasteiger partial charge >= 0.3 is 0 Å². The Kier molecular flexibility index (Phi) is 11.4. The Balaban J connectivity index is 1.45. The Labute approximate surface area is 260 Å². The first-order chi connectivity index (χ1) is 21.5. The van der Waals surface area contributed by atoms with E-state index in [2.05, 4.69) is 16.0 Å². The Morgan fingerprint density at radius 2 is 1.58 bits per heavy atom. The van der Waals surface area contributed by atoms with Crippen molar-refractivity contribution in [2.75, 3.05) is 6.16 Å². The summed E-state index contributed by atoms with van der Waals surface area (Å²) < 4.78 is 27.4. The number of nitrogens with two attached hydrogens (primary N) is 1. The highest BCUT2D eigenvalue weighted by atomic mass is 31.2. The Hall–Kier alpha value is -4.60. The minimum Gasteiger partial charge on any atom is -0.368 e. The molecule has 0 spiro atoms. The Morgan fingerprint density at radius 1 is 0.911 bits per heavy atom. The summed E-state index contributed by atoms with van der Waals surface area (Å²) in [5.41, 5.74) is 6.64. The summed E-state index contributed by atoms with van der Waals surface area (Å²) in [6, 6.07) is 20.0. The van der Waals surface area contributed by atoms with E-state index in [0.717, 1.165) is 30.5 Å². The van der Waals surface area contributed by atoms with Crippen LogP contribution in [-0.4, -0.2) is 46.8 Å². The number of hydrogen-bond donors (Lipinski definition) is 5. The predicted molar refractivity (Wildman–Crippen MR) is 168 cm³/mol. The molecule has 4 amide bonds. The summed E-state index contributed by atoms with van der Waals surface area (Å²) in [4.78, 5) is 62.6. The lowest BCUT2D eigenvalue weighted by Crippen LogP contribution is -2.53. The molecule has 12 heteroatoms.